The van der Waals surface area contributed by atoms with Gasteiger partial charge in [-0.1, -0.05) is 36.8 Å². The summed E-state index contributed by atoms with van der Waals surface area (Å²) in [5.74, 6) is 1.30. The maximum Gasteiger partial charge on any atom is 0.191 e. The predicted octanol–water partition coefficient (Wildman–Crippen LogP) is 3.32. The van der Waals surface area contributed by atoms with E-state index in [1.54, 1.807) is 0 Å². The summed E-state index contributed by atoms with van der Waals surface area (Å²) in [4.78, 5) is 4.75. The molecule has 3 N–H and O–H groups in total. The van der Waals surface area contributed by atoms with E-state index >= 15 is 0 Å². The van der Waals surface area contributed by atoms with E-state index in [1.165, 1.54) is 16.7 Å². The van der Waals surface area contributed by atoms with Crippen molar-refractivity contribution in [2.24, 2.45) is 4.99 Å². The zero-order valence-electron chi connectivity index (χ0n) is 15.9. The van der Waals surface area contributed by atoms with Gasteiger partial charge in [-0.3, -0.25) is 10.1 Å². The number of rotatable bonds is 8. The first-order chi connectivity index (χ1) is 12.1. The van der Waals surface area contributed by atoms with Gasteiger partial charge in [0.15, 0.2) is 5.96 Å². The molecule has 136 valence electrons. The SMILES string of the molecule is CCNC(=NCC(C)c1cccc(C)c1)NCCCc1cn[nH]c1C. The molecule has 0 spiro atoms. The van der Waals surface area contributed by atoms with Crippen LogP contribution >= 0.6 is 0 Å². The quantitative estimate of drug-likeness (QED) is 0.392. The number of aromatic amines is 1. The molecule has 25 heavy (non-hydrogen) atoms. The monoisotopic (exact) mass is 341 g/mol. The van der Waals surface area contributed by atoms with Crippen LogP contribution < -0.4 is 10.6 Å². The number of hydrogen-bond donors (Lipinski definition) is 3. The molecule has 1 heterocycles. The smallest absolute Gasteiger partial charge is 0.191 e. The van der Waals surface area contributed by atoms with E-state index in [9.17, 15) is 0 Å². The van der Waals surface area contributed by atoms with Crippen LogP contribution in [0.4, 0.5) is 0 Å². The number of aliphatic imine (C=N–C) groups is 1. The van der Waals surface area contributed by atoms with Gasteiger partial charge in [0.05, 0.1) is 6.20 Å². The standard InChI is InChI=1S/C20H31N5/c1-5-21-20(22-11-7-10-19-14-24-25-17(19)4)23-13-16(3)18-9-6-8-15(2)12-18/h6,8-9,12,14,16H,5,7,10-11,13H2,1-4H3,(H,24,25)(H2,21,22,23). The van der Waals surface area contributed by atoms with E-state index in [4.69, 9.17) is 4.99 Å². The number of aryl methyl sites for hydroxylation is 3. The fraction of sp³-hybridized carbons (Fsp3) is 0.500. The van der Waals surface area contributed by atoms with E-state index in [0.717, 1.165) is 44.1 Å². The molecular weight excluding hydrogens is 310 g/mol. The normalized spacial score (nSPS) is 12.9. The van der Waals surface area contributed by atoms with Crippen molar-refractivity contribution in [3.8, 4) is 0 Å². The van der Waals surface area contributed by atoms with Gasteiger partial charge in [0.25, 0.3) is 0 Å². The molecule has 1 unspecified atom stereocenters. The molecule has 0 saturated carbocycles. The number of nitrogens with one attached hydrogen (secondary N) is 3. The molecule has 2 aromatic rings. The second kappa shape index (κ2) is 9.87. The molecule has 1 atom stereocenters. The number of benzene rings is 1. The Morgan fingerprint density at radius 1 is 1.28 bits per heavy atom. The molecule has 0 aliphatic carbocycles. The molecule has 1 aromatic carbocycles. The summed E-state index contributed by atoms with van der Waals surface area (Å²) in [7, 11) is 0. The van der Waals surface area contributed by atoms with E-state index in [0.29, 0.717) is 5.92 Å². The van der Waals surface area contributed by atoms with Crippen molar-refractivity contribution < 1.29 is 0 Å². The Hall–Kier alpha value is -2.30. The van der Waals surface area contributed by atoms with Gasteiger partial charge in [0.1, 0.15) is 0 Å². The van der Waals surface area contributed by atoms with Crippen LogP contribution in [0.15, 0.2) is 35.5 Å². The molecule has 1 aromatic heterocycles. The Balaban J connectivity index is 1.82. The van der Waals surface area contributed by atoms with Crippen LogP contribution in [-0.2, 0) is 6.42 Å². The van der Waals surface area contributed by atoms with Crippen molar-refractivity contribution in [1.82, 2.24) is 20.8 Å². The third kappa shape index (κ3) is 6.25. The van der Waals surface area contributed by atoms with Crippen molar-refractivity contribution in [2.45, 2.75) is 46.5 Å². The Kier molecular flexibility index (Phi) is 7.51. The van der Waals surface area contributed by atoms with Crippen LogP contribution in [-0.4, -0.2) is 35.8 Å². The molecule has 0 aliphatic heterocycles. The Labute approximate surface area is 151 Å². The molecule has 5 nitrogen and oxygen atoms in total. The lowest BCUT2D eigenvalue weighted by Crippen LogP contribution is -2.38. The molecule has 0 amide bonds. The Morgan fingerprint density at radius 3 is 2.80 bits per heavy atom. The Bertz CT molecular complexity index is 674. The van der Waals surface area contributed by atoms with Crippen LogP contribution in [0.3, 0.4) is 0 Å². The zero-order valence-corrected chi connectivity index (χ0v) is 15.9. The van der Waals surface area contributed by atoms with Gasteiger partial charge >= 0.3 is 0 Å². The molecule has 5 heteroatoms. The largest absolute Gasteiger partial charge is 0.357 e. The average Bonchev–Trinajstić information content (AvgIpc) is 3.01. The van der Waals surface area contributed by atoms with E-state index in [1.807, 2.05) is 6.20 Å². The summed E-state index contributed by atoms with van der Waals surface area (Å²) in [5.41, 5.74) is 5.09. The highest BCUT2D eigenvalue weighted by atomic mass is 15.2. The minimum atomic E-state index is 0.406. The van der Waals surface area contributed by atoms with Gasteiger partial charge in [-0.05, 0) is 44.7 Å². The molecule has 0 fully saturated rings. The fourth-order valence-electron chi connectivity index (χ4n) is 2.77. The first-order valence-electron chi connectivity index (χ1n) is 9.17. The molecule has 0 aliphatic rings. The van der Waals surface area contributed by atoms with E-state index in [2.05, 4.69) is 72.8 Å². The van der Waals surface area contributed by atoms with Crippen LogP contribution in [0.2, 0.25) is 0 Å². The second-order valence-electron chi connectivity index (χ2n) is 6.59. The number of guanidine groups is 1. The minimum absolute atomic E-state index is 0.406. The third-order valence-corrected chi connectivity index (χ3v) is 4.33. The lowest BCUT2D eigenvalue weighted by Gasteiger charge is -2.14. The molecule has 2 rings (SSSR count). The second-order valence-corrected chi connectivity index (χ2v) is 6.59. The summed E-state index contributed by atoms with van der Waals surface area (Å²) in [6.45, 7) is 11.1. The van der Waals surface area contributed by atoms with Crippen molar-refractivity contribution >= 4 is 5.96 Å². The van der Waals surface area contributed by atoms with Crippen LogP contribution in [0, 0.1) is 13.8 Å². The highest BCUT2D eigenvalue weighted by molar-refractivity contribution is 5.79. The molecular formula is C20H31N5. The summed E-state index contributed by atoms with van der Waals surface area (Å²) >= 11 is 0. The van der Waals surface area contributed by atoms with Gasteiger partial charge in [-0.25, -0.2) is 0 Å². The maximum atomic E-state index is 4.75. The molecule has 0 radical (unpaired) electrons. The summed E-state index contributed by atoms with van der Waals surface area (Å²) in [6, 6.07) is 8.67. The summed E-state index contributed by atoms with van der Waals surface area (Å²) in [6.07, 6.45) is 3.99. The first kappa shape index (κ1) is 19.0. The number of hydrogen-bond acceptors (Lipinski definition) is 2. The fourth-order valence-corrected chi connectivity index (χ4v) is 2.77. The minimum Gasteiger partial charge on any atom is -0.357 e. The number of aromatic nitrogens is 2. The van der Waals surface area contributed by atoms with Gasteiger partial charge in [-0.15, -0.1) is 0 Å². The highest BCUT2D eigenvalue weighted by Crippen LogP contribution is 2.16. The summed E-state index contributed by atoms with van der Waals surface area (Å²) < 4.78 is 0. The lowest BCUT2D eigenvalue weighted by atomic mass is 10.00. The van der Waals surface area contributed by atoms with Crippen LogP contribution in [0.5, 0.6) is 0 Å². The van der Waals surface area contributed by atoms with E-state index < -0.39 is 0 Å². The van der Waals surface area contributed by atoms with Crippen LogP contribution in [0.1, 0.15) is 48.6 Å². The predicted molar refractivity (Wildman–Crippen MR) is 105 cm³/mol. The number of nitrogens with zero attached hydrogens (tertiary/aromatic N) is 2. The van der Waals surface area contributed by atoms with Gasteiger partial charge in [0.2, 0.25) is 0 Å². The maximum absolute atomic E-state index is 4.75. The first-order valence-corrected chi connectivity index (χ1v) is 9.17. The van der Waals surface area contributed by atoms with Gasteiger partial charge in [-0.2, -0.15) is 5.10 Å². The number of H-pyrrole nitrogens is 1. The van der Waals surface area contributed by atoms with Crippen molar-refractivity contribution in [2.75, 3.05) is 19.6 Å². The van der Waals surface area contributed by atoms with Gasteiger partial charge in [0, 0.05) is 31.2 Å². The van der Waals surface area contributed by atoms with Crippen molar-refractivity contribution in [3.05, 3.63) is 52.8 Å². The van der Waals surface area contributed by atoms with Crippen LogP contribution in [0.25, 0.3) is 0 Å². The van der Waals surface area contributed by atoms with E-state index in [-0.39, 0.29) is 0 Å². The molecule has 0 saturated heterocycles. The lowest BCUT2D eigenvalue weighted by molar-refractivity contribution is 0.723. The Morgan fingerprint density at radius 2 is 2.12 bits per heavy atom. The van der Waals surface area contributed by atoms with Crippen molar-refractivity contribution in [1.29, 1.82) is 0 Å². The highest BCUT2D eigenvalue weighted by Gasteiger charge is 2.06. The zero-order chi connectivity index (χ0) is 18.1. The molecule has 0 bridgehead atoms. The topological polar surface area (TPSA) is 65.1 Å². The van der Waals surface area contributed by atoms with Gasteiger partial charge < -0.3 is 10.6 Å². The summed E-state index contributed by atoms with van der Waals surface area (Å²) in [5, 5.41) is 13.8. The van der Waals surface area contributed by atoms with Crippen molar-refractivity contribution in [3.63, 3.8) is 0 Å². The third-order valence-electron chi connectivity index (χ3n) is 4.33. The average molecular weight is 342 g/mol.